The van der Waals surface area contributed by atoms with E-state index in [-0.39, 0.29) is 0 Å². The van der Waals surface area contributed by atoms with Crippen LogP contribution in [-0.2, 0) is 4.74 Å². The van der Waals surface area contributed by atoms with E-state index in [1.165, 1.54) is 0 Å². The van der Waals surface area contributed by atoms with Crippen LogP contribution in [0.2, 0.25) is 0 Å². The molecule has 4 nitrogen and oxygen atoms in total. The second kappa shape index (κ2) is 2.67. The summed E-state index contributed by atoms with van der Waals surface area (Å²) in [6.45, 7) is 2.48. The van der Waals surface area contributed by atoms with Crippen LogP contribution in [-0.4, -0.2) is 42.5 Å². The molecule has 0 aromatic carbocycles. The number of nitrogens with two attached hydrogens (primary N) is 1. The minimum Gasteiger partial charge on any atom is -0.385 e. The lowest BCUT2D eigenvalue weighted by molar-refractivity contribution is -0.123. The van der Waals surface area contributed by atoms with Crippen molar-refractivity contribution in [2.75, 3.05) is 26.3 Å². The Hall–Kier alpha value is -0.160. The molecule has 2 aliphatic heterocycles. The van der Waals surface area contributed by atoms with E-state index >= 15 is 0 Å². The lowest BCUT2D eigenvalue weighted by atomic mass is 9.73. The van der Waals surface area contributed by atoms with Gasteiger partial charge in [0.1, 0.15) is 5.60 Å². The van der Waals surface area contributed by atoms with Crippen molar-refractivity contribution in [3.05, 3.63) is 0 Å². The van der Waals surface area contributed by atoms with Crippen LogP contribution >= 0.6 is 0 Å². The molecule has 1 unspecified atom stereocenters. The summed E-state index contributed by atoms with van der Waals surface area (Å²) in [4.78, 5) is 0. The zero-order valence-electron chi connectivity index (χ0n) is 7.18. The van der Waals surface area contributed by atoms with Crippen LogP contribution < -0.4 is 11.1 Å². The van der Waals surface area contributed by atoms with E-state index in [0.717, 1.165) is 19.4 Å². The SMILES string of the molecule is NC1(C2(O)CNC2)CCCOC1. The zero-order chi connectivity index (χ0) is 8.66. The Morgan fingerprint density at radius 1 is 1.42 bits per heavy atom. The second-order valence-corrected chi connectivity index (χ2v) is 3.95. The first-order valence-electron chi connectivity index (χ1n) is 4.46. The molecule has 0 spiro atoms. The second-order valence-electron chi connectivity index (χ2n) is 3.95. The number of aliphatic hydroxyl groups is 1. The molecule has 2 fully saturated rings. The third-order valence-electron chi connectivity index (χ3n) is 3.03. The number of rotatable bonds is 1. The molecular formula is C8H16N2O2. The fourth-order valence-electron chi connectivity index (χ4n) is 1.90. The van der Waals surface area contributed by atoms with Crippen molar-refractivity contribution in [3.63, 3.8) is 0 Å². The van der Waals surface area contributed by atoms with Crippen molar-refractivity contribution < 1.29 is 9.84 Å². The van der Waals surface area contributed by atoms with Gasteiger partial charge < -0.3 is 20.9 Å². The molecule has 4 N–H and O–H groups in total. The van der Waals surface area contributed by atoms with Gasteiger partial charge in [-0.15, -0.1) is 0 Å². The van der Waals surface area contributed by atoms with Crippen molar-refractivity contribution >= 4 is 0 Å². The third kappa shape index (κ3) is 1.07. The van der Waals surface area contributed by atoms with Gasteiger partial charge in [0.15, 0.2) is 0 Å². The number of ether oxygens (including phenoxy) is 1. The van der Waals surface area contributed by atoms with E-state index in [9.17, 15) is 5.11 Å². The van der Waals surface area contributed by atoms with Crippen molar-refractivity contribution in [3.8, 4) is 0 Å². The minimum atomic E-state index is -0.729. The molecule has 0 aromatic heterocycles. The predicted octanol–water partition coefficient (Wildman–Crippen LogP) is -1.17. The Morgan fingerprint density at radius 3 is 2.58 bits per heavy atom. The fourth-order valence-corrected chi connectivity index (χ4v) is 1.90. The molecular weight excluding hydrogens is 156 g/mol. The summed E-state index contributed by atoms with van der Waals surface area (Å²) in [6.07, 6.45) is 1.82. The van der Waals surface area contributed by atoms with Crippen LogP contribution in [0.5, 0.6) is 0 Å². The Morgan fingerprint density at radius 2 is 2.17 bits per heavy atom. The van der Waals surface area contributed by atoms with Crippen LogP contribution in [0.4, 0.5) is 0 Å². The number of hydrogen-bond donors (Lipinski definition) is 3. The van der Waals surface area contributed by atoms with E-state index < -0.39 is 11.1 Å². The average Bonchev–Trinajstić information content (AvgIpc) is 2.01. The Kier molecular flexibility index (Phi) is 1.88. The highest BCUT2D eigenvalue weighted by Gasteiger charge is 2.52. The summed E-state index contributed by atoms with van der Waals surface area (Å²) in [7, 11) is 0. The van der Waals surface area contributed by atoms with Gasteiger partial charge in [-0.1, -0.05) is 0 Å². The maximum atomic E-state index is 10.0. The highest BCUT2D eigenvalue weighted by atomic mass is 16.5. The van der Waals surface area contributed by atoms with E-state index in [2.05, 4.69) is 5.32 Å². The predicted molar refractivity (Wildman–Crippen MR) is 44.8 cm³/mol. The lowest BCUT2D eigenvalue weighted by Crippen LogP contribution is -2.77. The molecule has 2 heterocycles. The molecule has 0 bridgehead atoms. The highest BCUT2D eigenvalue weighted by Crippen LogP contribution is 2.31. The van der Waals surface area contributed by atoms with Gasteiger partial charge in [-0.2, -0.15) is 0 Å². The number of nitrogens with one attached hydrogen (secondary N) is 1. The Bertz CT molecular complexity index is 174. The molecule has 4 heteroatoms. The highest BCUT2D eigenvalue weighted by molar-refractivity contribution is 5.12. The van der Waals surface area contributed by atoms with Gasteiger partial charge in [-0.05, 0) is 12.8 Å². The summed E-state index contributed by atoms with van der Waals surface area (Å²) in [5, 5.41) is 13.1. The summed E-state index contributed by atoms with van der Waals surface area (Å²) in [5.74, 6) is 0. The van der Waals surface area contributed by atoms with Gasteiger partial charge in [-0.3, -0.25) is 0 Å². The average molecular weight is 172 g/mol. The van der Waals surface area contributed by atoms with Gasteiger partial charge in [0.05, 0.1) is 12.1 Å². The zero-order valence-corrected chi connectivity index (χ0v) is 7.18. The largest absolute Gasteiger partial charge is 0.385 e. The Labute approximate surface area is 72.1 Å². The van der Waals surface area contributed by atoms with Crippen molar-refractivity contribution in [2.45, 2.75) is 24.0 Å². The van der Waals surface area contributed by atoms with Crippen LogP contribution in [0.25, 0.3) is 0 Å². The molecule has 2 saturated heterocycles. The minimum absolute atomic E-state index is 0.491. The van der Waals surface area contributed by atoms with Gasteiger partial charge >= 0.3 is 0 Å². The first-order valence-corrected chi connectivity index (χ1v) is 4.46. The van der Waals surface area contributed by atoms with Crippen LogP contribution in [0.15, 0.2) is 0 Å². The molecule has 70 valence electrons. The molecule has 12 heavy (non-hydrogen) atoms. The number of hydrogen-bond acceptors (Lipinski definition) is 4. The lowest BCUT2D eigenvalue weighted by Gasteiger charge is -2.52. The van der Waals surface area contributed by atoms with Gasteiger partial charge in [0.25, 0.3) is 0 Å². The van der Waals surface area contributed by atoms with Crippen molar-refractivity contribution in [1.29, 1.82) is 0 Å². The molecule has 0 aromatic rings. The van der Waals surface area contributed by atoms with Crippen LogP contribution in [0.3, 0.4) is 0 Å². The Balaban J connectivity index is 2.07. The maximum Gasteiger partial charge on any atom is 0.110 e. The maximum absolute atomic E-state index is 10.0. The smallest absolute Gasteiger partial charge is 0.110 e. The van der Waals surface area contributed by atoms with E-state index in [0.29, 0.717) is 19.7 Å². The molecule has 0 radical (unpaired) electrons. The molecule has 2 rings (SSSR count). The summed E-state index contributed by atoms with van der Waals surface area (Å²) < 4.78 is 5.29. The quantitative estimate of drug-likeness (QED) is 0.466. The first-order chi connectivity index (χ1) is 5.66. The molecule has 2 aliphatic rings. The van der Waals surface area contributed by atoms with Gasteiger partial charge in [0, 0.05) is 19.7 Å². The first kappa shape index (κ1) is 8.44. The van der Waals surface area contributed by atoms with Crippen molar-refractivity contribution in [2.24, 2.45) is 5.73 Å². The monoisotopic (exact) mass is 172 g/mol. The standard InChI is InChI=1S/C8H16N2O2/c9-7(2-1-3-12-6-7)8(11)4-10-5-8/h10-11H,1-6,9H2. The van der Waals surface area contributed by atoms with Crippen LogP contribution in [0.1, 0.15) is 12.8 Å². The molecule has 0 aliphatic carbocycles. The molecule has 0 saturated carbocycles. The third-order valence-corrected chi connectivity index (χ3v) is 3.03. The van der Waals surface area contributed by atoms with Gasteiger partial charge in [0.2, 0.25) is 0 Å². The van der Waals surface area contributed by atoms with E-state index in [4.69, 9.17) is 10.5 Å². The topological polar surface area (TPSA) is 67.5 Å². The fraction of sp³-hybridized carbons (Fsp3) is 1.00. The molecule has 0 amide bonds. The van der Waals surface area contributed by atoms with E-state index in [1.807, 2.05) is 0 Å². The van der Waals surface area contributed by atoms with Crippen molar-refractivity contribution in [1.82, 2.24) is 5.32 Å². The van der Waals surface area contributed by atoms with Crippen LogP contribution in [0, 0.1) is 0 Å². The molecule has 1 atom stereocenters. The van der Waals surface area contributed by atoms with Gasteiger partial charge in [-0.25, -0.2) is 0 Å². The summed E-state index contributed by atoms with van der Waals surface area (Å²) in [5.41, 5.74) is 4.84. The summed E-state index contributed by atoms with van der Waals surface area (Å²) in [6, 6.07) is 0. The summed E-state index contributed by atoms with van der Waals surface area (Å²) >= 11 is 0. The number of β-amino-alcohol motifs (C(OH)–C–C–N with tert-alkyl or cyclic N) is 1. The normalized spacial score (nSPS) is 40.5. The van der Waals surface area contributed by atoms with E-state index in [1.54, 1.807) is 0 Å².